The van der Waals surface area contributed by atoms with Gasteiger partial charge in [0.25, 0.3) is 11.6 Å². The molecule has 0 fully saturated rings. The Balaban J connectivity index is 1.87. The zero-order chi connectivity index (χ0) is 19.3. The number of carbonyl (C=O) groups excluding carboxylic acids is 1. The molecule has 0 aliphatic carbocycles. The minimum absolute atomic E-state index is 0.0959. The highest BCUT2D eigenvalue weighted by molar-refractivity contribution is 6.15. The van der Waals surface area contributed by atoms with Crippen molar-refractivity contribution in [2.75, 3.05) is 11.4 Å². The first-order valence-corrected chi connectivity index (χ1v) is 8.79. The number of carbonyl (C=O) groups is 2. The number of aryl methyl sites for hydroxylation is 1. The second-order valence-electron chi connectivity index (χ2n) is 7.06. The average molecular weight is 365 g/mol. The van der Waals surface area contributed by atoms with Crippen molar-refractivity contribution in [1.29, 1.82) is 0 Å². The van der Waals surface area contributed by atoms with Crippen LogP contribution in [0.4, 0.5) is 5.69 Å². The van der Waals surface area contributed by atoms with E-state index in [2.05, 4.69) is 10.1 Å². The van der Waals surface area contributed by atoms with E-state index in [1.807, 2.05) is 13.8 Å². The molecule has 1 unspecified atom stereocenters. The molecule has 0 saturated heterocycles. The van der Waals surface area contributed by atoms with Gasteiger partial charge in [-0.15, -0.1) is 0 Å². The molecule has 0 bridgehead atoms. The van der Waals surface area contributed by atoms with Gasteiger partial charge in [-0.3, -0.25) is 9.59 Å². The maximum atomic E-state index is 13.5. The van der Waals surface area contributed by atoms with Gasteiger partial charge in [-0.2, -0.15) is 0 Å². The topological polar surface area (TPSA) is 96.5 Å². The van der Waals surface area contributed by atoms with Crippen LogP contribution in [0.1, 0.15) is 53.0 Å². The number of benzene rings is 1. The number of aromatic nitrogens is 2. The summed E-state index contributed by atoms with van der Waals surface area (Å²) in [5, 5.41) is 14.1. The number of amides is 1. The summed E-state index contributed by atoms with van der Waals surface area (Å²) in [7, 11) is 0. The monoisotopic (exact) mass is 365 g/mol. The van der Waals surface area contributed by atoms with Gasteiger partial charge in [0.1, 0.15) is 5.92 Å². The molecular formula is C20H19N3O4. The van der Waals surface area contributed by atoms with Crippen molar-refractivity contribution in [2.24, 2.45) is 0 Å². The molecule has 1 amide bonds. The number of hydrogen-bond donors (Lipinski definition) is 1. The number of carboxylic acids is 1. The summed E-state index contributed by atoms with van der Waals surface area (Å²) in [5.74, 6) is -1.85. The predicted molar refractivity (Wildman–Crippen MR) is 99.1 cm³/mol. The number of anilines is 1. The number of hydrogen-bond acceptors (Lipinski definition) is 5. The Morgan fingerprint density at radius 2 is 2.04 bits per heavy atom. The van der Waals surface area contributed by atoms with Gasteiger partial charge in [0.2, 0.25) is 0 Å². The highest BCUT2D eigenvalue weighted by Gasteiger charge is 2.37. The van der Waals surface area contributed by atoms with Crippen LogP contribution < -0.4 is 4.90 Å². The largest absolute Gasteiger partial charge is 0.481 e. The van der Waals surface area contributed by atoms with Crippen molar-refractivity contribution in [1.82, 2.24) is 10.1 Å². The van der Waals surface area contributed by atoms with E-state index >= 15 is 0 Å². The van der Waals surface area contributed by atoms with Gasteiger partial charge >= 0.3 is 5.97 Å². The lowest BCUT2D eigenvalue weighted by Gasteiger charge is -2.19. The lowest BCUT2D eigenvalue weighted by atomic mass is 10.0. The molecule has 138 valence electrons. The number of carboxylic acid groups (broad SMARTS) is 1. The molecule has 0 saturated carbocycles. The van der Waals surface area contributed by atoms with Crippen LogP contribution in [0, 0.1) is 6.92 Å². The highest BCUT2D eigenvalue weighted by Crippen LogP contribution is 2.38. The van der Waals surface area contributed by atoms with E-state index in [-0.39, 0.29) is 18.4 Å². The van der Waals surface area contributed by atoms with Crippen molar-refractivity contribution in [2.45, 2.75) is 32.6 Å². The number of para-hydroxylation sites is 1. The first-order valence-electron chi connectivity index (χ1n) is 8.79. The van der Waals surface area contributed by atoms with Gasteiger partial charge in [0.05, 0.1) is 16.6 Å². The van der Waals surface area contributed by atoms with E-state index in [0.717, 1.165) is 5.69 Å². The number of nitrogens with zero attached hydrogens (tertiary/aromatic N) is 3. The normalized spacial score (nSPS) is 16.1. The van der Waals surface area contributed by atoms with Crippen LogP contribution in [-0.4, -0.2) is 33.7 Å². The van der Waals surface area contributed by atoms with Crippen LogP contribution >= 0.6 is 0 Å². The SMILES string of the molecule is Cc1noc2nc(C(C)C)cc(C(=O)N3CC(C(=O)O)c4ccccc43)c12. The van der Waals surface area contributed by atoms with Gasteiger partial charge in [0.15, 0.2) is 0 Å². The second kappa shape index (κ2) is 6.19. The molecule has 0 spiro atoms. The first-order chi connectivity index (χ1) is 12.9. The lowest BCUT2D eigenvalue weighted by molar-refractivity contribution is -0.138. The Hall–Kier alpha value is -3.22. The Morgan fingerprint density at radius 1 is 1.30 bits per heavy atom. The van der Waals surface area contributed by atoms with E-state index in [1.165, 1.54) is 4.90 Å². The number of rotatable bonds is 3. The van der Waals surface area contributed by atoms with Gasteiger partial charge in [-0.1, -0.05) is 37.2 Å². The maximum Gasteiger partial charge on any atom is 0.312 e. The Labute approximate surface area is 155 Å². The van der Waals surface area contributed by atoms with Crippen LogP contribution in [0.2, 0.25) is 0 Å². The summed E-state index contributed by atoms with van der Waals surface area (Å²) in [6.07, 6.45) is 0. The molecule has 1 aliphatic rings. The maximum absolute atomic E-state index is 13.5. The van der Waals surface area contributed by atoms with Crippen molar-refractivity contribution in [3.05, 3.63) is 52.8 Å². The third-order valence-corrected chi connectivity index (χ3v) is 4.97. The molecule has 0 radical (unpaired) electrons. The third-order valence-electron chi connectivity index (χ3n) is 4.97. The summed E-state index contributed by atoms with van der Waals surface area (Å²) in [5.41, 5.74) is 3.34. The van der Waals surface area contributed by atoms with Crippen molar-refractivity contribution >= 4 is 28.7 Å². The minimum atomic E-state index is -0.943. The number of aliphatic carboxylic acids is 1. The molecule has 4 rings (SSSR count). The second-order valence-corrected chi connectivity index (χ2v) is 7.06. The molecule has 27 heavy (non-hydrogen) atoms. The Bertz CT molecular complexity index is 1070. The minimum Gasteiger partial charge on any atom is -0.481 e. The summed E-state index contributed by atoms with van der Waals surface area (Å²) < 4.78 is 5.30. The molecular weight excluding hydrogens is 346 g/mol. The van der Waals surface area contributed by atoms with Crippen molar-refractivity contribution in [3.8, 4) is 0 Å². The van der Waals surface area contributed by atoms with Crippen LogP contribution in [0.25, 0.3) is 11.1 Å². The van der Waals surface area contributed by atoms with Gasteiger partial charge in [-0.05, 0) is 30.5 Å². The first kappa shape index (κ1) is 17.2. The molecule has 1 N–H and O–H groups in total. The third kappa shape index (κ3) is 2.66. The fraction of sp³-hybridized carbons (Fsp3) is 0.300. The van der Waals surface area contributed by atoms with Gasteiger partial charge < -0.3 is 14.5 Å². The fourth-order valence-corrected chi connectivity index (χ4v) is 3.53. The zero-order valence-electron chi connectivity index (χ0n) is 15.3. The van der Waals surface area contributed by atoms with Crippen molar-refractivity contribution in [3.63, 3.8) is 0 Å². The average Bonchev–Trinajstić information content (AvgIpc) is 3.22. The summed E-state index contributed by atoms with van der Waals surface area (Å²) in [4.78, 5) is 31.1. The molecule has 1 atom stereocenters. The van der Waals surface area contributed by atoms with Crippen molar-refractivity contribution < 1.29 is 19.2 Å². The quantitative estimate of drug-likeness (QED) is 0.763. The van der Waals surface area contributed by atoms with E-state index in [4.69, 9.17) is 4.52 Å². The molecule has 3 heterocycles. The Morgan fingerprint density at radius 3 is 2.74 bits per heavy atom. The molecule has 1 aromatic carbocycles. The van der Waals surface area contributed by atoms with E-state index in [9.17, 15) is 14.7 Å². The van der Waals surface area contributed by atoms with E-state index in [0.29, 0.717) is 33.6 Å². The van der Waals surface area contributed by atoms with Crippen LogP contribution in [0.5, 0.6) is 0 Å². The fourth-order valence-electron chi connectivity index (χ4n) is 3.53. The molecule has 3 aromatic rings. The van der Waals surface area contributed by atoms with E-state index in [1.54, 1.807) is 37.3 Å². The summed E-state index contributed by atoms with van der Waals surface area (Å²) >= 11 is 0. The lowest BCUT2D eigenvalue weighted by Crippen LogP contribution is -2.31. The van der Waals surface area contributed by atoms with Crippen LogP contribution in [0.3, 0.4) is 0 Å². The van der Waals surface area contributed by atoms with Gasteiger partial charge in [0, 0.05) is 17.9 Å². The van der Waals surface area contributed by atoms with E-state index < -0.39 is 11.9 Å². The summed E-state index contributed by atoms with van der Waals surface area (Å²) in [6, 6.07) is 8.88. The highest BCUT2D eigenvalue weighted by atomic mass is 16.5. The van der Waals surface area contributed by atoms with Crippen LogP contribution in [0.15, 0.2) is 34.9 Å². The predicted octanol–water partition coefficient (Wildman–Crippen LogP) is 3.48. The molecule has 7 heteroatoms. The number of pyridine rings is 1. The smallest absolute Gasteiger partial charge is 0.312 e. The zero-order valence-corrected chi connectivity index (χ0v) is 15.3. The molecule has 1 aliphatic heterocycles. The van der Waals surface area contributed by atoms with Gasteiger partial charge in [-0.25, -0.2) is 4.98 Å². The standard InChI is InChI=1S/C20H19N3O4/c1-10(2)15-8-13(17-11(3)22-27-18(17)21-15)19(24)23-9-14(20(25)26)12-6-4-5-7-16(12)23/h4-8,10,14H,9H2,1-3H3,(H,25,26). The van der Waals surface area contributed by atoms with Crippen LogP contribution in [-0.2, 0) is 4.79 Å². The Kier molecular flexibility index (Phi) is 3.95. The number of fused-ring (bicyclic) bond motifs is 2. The molecule has 2 aromatic heterocycles. The molecule has 7 nitrogen and oxygen atoms in total. The summed E-state index contributed by atoms with van der Waals surface area (Å²) in [6.45, 7) is 5.82.